The van der Waals surface area contributed by atoms with Gasteiger partial charge in [-0.25, -0.2) is 0 Å². The fraction of sp³-hybridized carbons (Fsp3) is 0.130. The Morgan fingerprint density at radius 2 is 1.53 bits per heavy atom. The van der Waals surface area contributed by atoms with Crippen LogP contribution in [0.15, 0.2) is 72.8 Å². The van der Waals surface area contributed by atoms with Crippen LogP contribution in [0.1, 0.15) is 5.56 Å². The molecule has 6 nitrogen and oxygen atoms in total. The van der Waals surface area contributed by atoms with Crippen molar-refractivity contribution >= 4 is 34.8 Å². The summed E-state index contributed by atoms with van der Waals surface area (Å²) in [6, 6.07) is 22.0. The van der Waals surface area contributed by atoms with Gasteiger partial charge in [0.2, 0.25) is 11.8 Å². The highest BCUT2D eigenvalue weighted by molar-refractivity contribution is 6.31. The Kier molecular flexibility index (Phi) is 7.29. The molecule has 30 heavy (non-hydrogen) atoms. The third-order valence-electron chi connectivity index (χ3n) is 4.29. The number of ether oxygens (including phenoxy) is 1. The Hall–Kier alpha value is -3.51. The monoisotopic (exact) mass is 423 g/mol. The van der Waals surface area contributed by atoms with Gasteiger partial charge in [-0.2, -0.15) is 0 Å². The highest BCUT2D eigenvalue weighted by Crippen LogP contribution is 2.28. The lowest BCUT2D eigenvalue weighted by atomic mass is 10.2. The minimum Gasteiger partial charge on any atom is -0.455 e. The average molecular weight is 424 g/mol. The number of carbonyl (C=O) groups excluding carboxylic acids is 2. The summed E-state index contributed by atoms with van der Waals surface area (Å²) in [5.74, 6) is 0.652. The number of anilines is 2. The van der Waals surface area contributed by atoms with Gasteiger partial charge in [0, 0.05) is 10.7 Å². The first-order valence-electron chi connectivity index (χ1n) is 9.40. The molecule has 0 saturated carbocycles. The van der Waals surface area contributed by atoms with Gasteiger partial charge in [0.1, 0.15) is 5.75 Å². The molecule has 0 radical (unpaired) electrons. The van der Waals surface area contributed by atoms with E-state index in [0.29, 0.717) is 27.9 Å². The van der Waals surface area contributed by atoms with Crippen molar-refractivity contribution < 1.29 is 14.3 Å². The molecule has 0 fully saturated rings. The molecule has 0 saturated heterocycles. The molecular formula is C23H22ClN3O3. The molecule has 154 valence electrons. The molecule has 3 rings (SSSR count). The Labute approximate surface area is 180 Å². The Balaban J connectivity index is 1.49. The van der Waals surface area contributed by atoms with Crippen LogP contribution in [0.25, 0.3) is 0 Å². The molecule has 2 amide bonds. The quantitative estimate of drug-likeness (QED) is 0.494. The lowest BCUT2D eigenvalue weighted by Crippen LogP contribution is -2.36. The third kappa shape index (κ3) is 5.99. The van der Waals surface area contributed by atoms with Gasteiger partial charge in [0.15, 0.2) is 5.75 Å². The van der Waals surface area contributed by atoms with Crippen LogP contribution in [0, 0.1) is 6.92 Å². The van der Waals surface area contributed by atoms with E-state index >= 15 is 0 Å². The lowest BCUT2D eigenvalue weighted by Gasteiger charge is -2.13. The number of para-hydroxylation sites is 3. The van der Waals surface area contributed by atoms with Crippen molar-refractivity contribution in [3.8, 4) is 11.5 Å². The molecule has 0 aliphatic rings. The minimum atomic E-state index is -0.332. The number of carbonyl (C=O) groups is 2. The van der Waals surface area contributed by atoms with Crippen molar-refractivity contribution in [3.63, 3.8) is 0 Å². The first kappa shape index (κ1) is 21.2. The fourth-order valence-corrected chi connectivity index (χ4v) is 2.85. The van der Waals surface area contributed by atoms with Gasteiger partial charge in [0.05, 0.1) is 18.8 Å². The van der Waals surface area contributed by atoms with Crippen molar-refractivity contribution in [2.24, 2.45) is 0 Å². The molecule has 0 unspecified atom stereocenters. The van der Waals surface area contributed by atoms with Crippen LogP contribution in [-0.4, -0.2) is 24.9 Å². The fourth-order valence-electron chi connectivity index (χ4n) is 2.67. The second-order valence-electron chi connectivity index (χ2n) is 6.50. The standard InChI is InChI=1S/C23H22ClN3O3/c1-16-18(24)10-7-12-19(16)27-23(29)15-26-22(28)14-25-20-11-5-6-13-21(20)30-17-8-3-2-4-9-17/h2-13,25H,14-15H2,1H3,(H,26,28)(H,27,29). The van der Waals surface area contributed by atoms with E-state index in [4.69, 9.17) is 16.3 Å². The molecule has 0 spiro atoms. The number of hydrogen-bond donors (Lipinski definition) is 3. The van der Waals surface area contributed by atoms with Crippen molar-refractivity contribution in [2.75, 3.05) is 23.7 Å². The van der Waals surface area contributed by atoms with Crippen molar-refractivity contribution in [1.29, 1.82) is 0 Å². The maximum absolute atomic E-state index is 12.1. The summed E-state index contributed by atoms with van der Waals surface area (Å²) < 4.78 is 5.86. The van der Waals surface area contributed by atoms with Crippen LogP contribution < -0.4 is 20.7 Å². The van der Waals surface area contributed by atoms with Gasteiger partial charge >= 0.3 is 0 Å². The number of rotatable bonds is 8. The molecule has 0 atom stereocenters. The zero-order valence-electron chi connectivity index (χ0n) is 16.4. The van der Waals surface area contributed by atoms with Crippen LogP contribution in [0.5, 0.6) is 11.5 Å². The van der Waals surface area contributed by atoms with E-state index in [1.807, 2.05) is 61.5 Å². The topological polar surface area (TPSA) is 79.5 Å². The molecule has 3 aromatic rings. The van der Waals surface area contributed by atoms with Crippen LogP contribution in [-0.2, 0) is 9.59 Å². The van der Waals surface area contributed by atoms with E-state index in [9.17, 15) is 9.59 Å². The number of benzene rings is 3. The van der Waals surface area contributed by atoms with E-state index in [2.05, 4.69) is 16.0 Å². The van der Waals surface area contributed by atoms with Gasteiger partial charge in [-0.05, 0) is 48.9 Å². The van der Waals surface area contributed by atoms with E-state index < -0.39 is 0 Å². The maximum Gasteiger partial charge on any atom is 0.243 e. The smallest absolute Gasteiger partial charge is 0.243 e. The van der Waals surface area contributed by atoms with E-state index in [0.717, 1.165) is 5.56 Å². The molecule has 0 heterocycles. The first-order valence-corrected chi connectivity index (χ1v) is 9.78. The summed E-state index contributed by atoms with van der Waals surface area (Å²) in [5.41, 5.74) is 2.07. The molecule has 3 N–H and O–H groups in total. The molecule has 0 bridgehead atoms. The van der Waals surface area contributed by atoms with Crippen molar-refractivity contribution in [3.05, 3.63) is 83.4 Å². The second kappa shape index (κ2) is 10.3. The zero-order chi connectivity index (χ0) is 21.3. The number of hydrogen-bond acceptors (Lipinski definition) is 4. The zero-order valence-corrected chi connectivity index (χ0v) is 17.2. The van der Waals surface area contributed by atoms with Gasteiger partial charge in [0.25, 0.3) is 0 Å². The summed E-state index contributed by atoms with van der Waals surface area (Å²) in [6.45, 7) is 1.67. The molecule has 0 aromatic heterocycles. The van der Waals surface area contributed by atoms with E-state index in [1.165, 1.54) is 0 Å². The Morgan fingerprint density at radius 1 is 0.833 bits per heavy atom. The SMILES string of the molecule is Cc1c(Cl)cccc1NC(=O)CNC(=O)CNc1ccccc1Oc1ccccc1. The Bertz CT molecular complexity index is 1030. The third-order valence-corrected chi connectivity index (χ3v) is 4.69. The number of amides is 2. The molecule has 0 aliphatic heterocycles. The van der Waals surface area contributed by atoms with E-state index in [-0.39, 0.29) is 24.9 Å². The summed E-state index contributed by atoms with van der Waals surface area (Å²) in [5, 5.41) is 8.93. The minimum absolute atomic E-state index is 0.00135. The van der Waals surface area contributed by atoms with Crippen LogP contribution >= 0.6 is 11.6 Å². The van der Waals surface area contributed by atoms with Crippen molar-refractivity contribution in [2.45, 2.75) is 6.92 Å². The second-order valence-corrected chi connectivity index (χ2v) is 6.91. The largest absolute Gasteiger partial charge is 0.455 e. The number of nitrogens with one attached hydrogen (secondary N) is 3. The highest BCUT2D eigenvalue weighted by Gasteiger charge is 2.10. The summed E-state index contributed by atoms with van der Waals surface area (Å²) in [4.78, 5) is 24.3. The summed E-state index contributed by atoms with van der Waals surface area (Å²) >= 11 is 6.05. The average Bonchev–Trinajstić information content (AvgIpc) is 2.75. The number of halogens is 1. The van der Waals surface area contributed by atoms with Gasteiger partial charge < -0.3 is 20.7 Å². The van der Waals surface area contributed by atoms with Gasteiger partial charge in [-0.1, -0.05) is 48.0 Å². The predicted octanol–water partition coefficient (Wildman–Crippen LogP) is 4.61. The van der Waals surface area contributed by atoms with Gasteiger partial charge in [-0.15, -0.1) is 0 Å². The summed E-state index contributed by atoms with van der Waals surface area (Å²) in [6.07, 6.45) is 0. The summed E-state index contributed by atoms with van der Waals surface area (Å²) in [7, 11) is 0. The molecule has 3 aromatic carbocycles. The van der Waals surface area contributed by atoms with E-state index in [1.54, 1.807) is 18.2 Å². The van der Waals surface area contributed by atoms with Crippen molar-refractivity contribution in [1.82, 2.24) is 5.32 Å². The maximum atomic E-state index is 12.1. The lowest BCUT2D eigenvalue weighted by molar-refractivity contribution is -0.122. The molecule has 7 heteroatoms. The molecular weight excluding hydrogens is 402 g/mol. The van der Waals surface area contributed by atoms with Crippen LogP contribution in [0.2, 0.25) is 5.02 Å². The van der Waals surface area contributed by atoms with Crippen LogP contribution in [0.3, 0.4) is 0 Å². The normalized spacial score (nSPS) is 10.2. The predicted molar refractivity (Wildman–Crippen MR) is 119 cm³/mol. The molecule has 0 aliphatic carbocycles. The Morgan fingerprint density at radius 3 is 2.33 bits per heavy atom. The van der Waals surface area contributed by atoms with Gasteiger partial charge in [-0.3, -0.25) is 9.59 Å². The highest BCUT2D eigenvalue weighted by atomic mass is 35.5. The first-order chi connectivity index (χ1) is 14.5. The van der Waals surface area contributed by atoms with Crippen LogP contribution in [0.4, 0.5) is 11.4 Å².